The average molecular weight is 334 g/mol. The van der Waals surface area contributed by atoms with Gasteiger partial charge in [-0.05, 0) is 31.2 Å². The molecular weight excluding hydrogens is 319 g/mol. The third-order valence-electron chi connectivity index (χ3n) is 3.09. The van der Waals surface area contributed by atoms with Gasteiger partial charge in [0.25, 0.3) is 5.91 Å². The zero-order chi connectivity index (χ0) is 16.2. The van der Waals surface area contributed by atoms with Crippen LogP contribution in [0.1, 0.15) is 17.4 Å². The summed E-state index contributed by atoms with van der Waals surface area (Å²) in [4.78, 5) is 16.6. The molecule has 3 rings (SSSR count). The third kappa shape index (κ3) is 3.53. The number of hydrogen-bond donors (Lipinski definition) is 1. The summed E-state index contributed by atoms with van der Waals surface area (Å²) in [6, 6.07) is 5.83. The van der Waals surface area contributed by atoms with Gasteiger partial charge in [0.05, 0.1) is 25.0 Å². The Bertz CT molecular complexity index is 742. The number of aliphatic imine (C=N–C) groups is 1. The van der Waals surface area contributed by atoms with Crippen molar-refractivity contribution in [3.8, 4) is 11.4 Å². The first-order valence-electron chi connectivity index (χ1n) is 7.14. The Morgan fingerprint density at radius 1 is 1.43 bits per heavy atom. The van der Waals surface area contributed by atoms with Gasteiger partial charge < -0.3 is 4.74 Å². The number of aromatic nitrogens is 2. The number of halogens is 1. The highest BCUT2D eigenvalue weighted by molar-refractivity contribution is 8.14. The van der Waals surface area contributed by atoms with E-state index >= 15 is 0 Å². The molecule has 0 spiro atoms. The molecule has 0 saturated carbocycles. The Balaban J connectivity index is 1.88. The van der Waals surface area contributed by atoms with Gasteiger partial charge in [0.15, 0.2) is 16.6 Å². The van der Waals surface area contributed by atoms with Crippen LogP contribution in [-0.4, -0.2) is 39.8 Å². The van der Waals surface area contributed by atoms with Crippen molar-refractivity contribution in [3.05, 3.63) is 42.0 Å². The van der Waals surface area contributed by atoms with Gasteiger partial charge >= 0.3 is 0 Å². The van der Waals surface area contributed by atoms with Gasteiger partial charge in [-0.2, -0.15) is 5.10 Å². The summed E-state index contributed by atoms with van der Waals surface area (Å²) in [5.74, 6) is 0.526. The lowest BCUT2D eigenvalue weighted by atomic mass is 10.3. The molecular formula is C15H15FN4O2S. The number of hydrogen-bond acceptors (Lipinski definition) is 5. The molecule has 0 atom stereocenters. The molecule has 0 fully saturated rings. The van der Waals surface area contributed by atoms with E-state index in [0.717, 1.165) is 5.75 Å². The summed E-state index contributed by atoms with van der Waals surface area (Å²) in [5, 5.41) is 7.58. The van der Waals surface area contributed by atoms with Crippen molar-refractivity contribution in [1.29, 1.82) is 0 Å². The van der Waals surface area contributed by atoms with Crippen LogP contribution in [0.2, 0.25) is 0 Å². The summed E-state index contributed by atoms with van der Waals surface area (Å²) in [7, 11) is 0. The van der Waals surface area contributed by atoms with E-state index in [4.69, 9.17) is 4.74 Å². The number of amides is 1. The fourth-order valence-electron chi connectivity index (χ4n) is 2.07. The third-order valence-corrected chi connectivity index (χ3v) is 3.98. The van der Waals surface area contributed by atoms with Gasteiger partial charge in [-0.3, -0.25) is 15.1 Å². The fourth-order valence-corrected chi connectivity index (χ4v) is 2.79. The quantitative estimate of drug-likeness (QED) is 0.931. The maximum atomic E-state index is 13.0. The van der Waals surface area contributed by atoms with Crippen LogP contribution < -0.4 is 10.1 Å². The van der Waals surface area contributed by atoms with Gasteiger partial charge in [0.1, 0.15) is 5.82 Å². The molecule has 1 N–H and O–H groups in total. The Hall–Kier alpha value is -2.35. The highest BCUT2D eigenvalue weighted by Crippen LogP contribution is 2.21. The van der Waals surface area contributed by atoms with Crippen LogP contribution in [0.15, 0.2) is 35.5 Å². The Morgan fingerprint density at radius 2 is 2.22 bits per heavy atom. The smallest absolute Gasteiger partial charge is 0.281 e. The second-order valence-electron chi connectivity index (χ2n) is 4.69. The molecule has 1 aliphatic rings. The van der Waals surface area contributed by atoms with E-state index in [1.807, 2.05) is 6.92 Å². The number of nitrogens with one attached hydrogen (secondary N) is 1. The second kappa shape index (κ2) is 6.82. The number of rotatable bonds is 4. The summed E-state index contributed by atoms with van der Waals surface area (Å²) in [6.07, 6.45) is 1.61. The van der Waals surface area contributed by atoms with Gasteiger partial charge in [0.2, 0.25) is 0 Å². The van der Waals surface area contributed by atoms with Crippen molar-refractivity contribution in [3.63, 3.8) is 0 Å². The minimum atomic E-state index is -0.373. The first-order chi connectivity index (χ1) is 11.2. The van der Waals surface area contributed by atoms with Gasteiger partial charge in [-0.25, -0.2) is 9.07 Å². The highest BCUT2D eigenvalue weighted by Gasteiger charge is 2.21. The number of amidine groups is 1. The Labute approximate surface area is 136 Å². The van der Waals surface area contributed by atoms with E-state index in [1.54, 1.807) is 18.3 Å². The zero-order valence-electron chi connectivity index (χ0n) is 12.5. The van der Waals surface area contributed by atoms with Gasteiger partial charge in [0, 0.05) is 5.75 Å². The van der Waals surface area contributed by atoms with Crippen LogP contribution in [0.3, 0.4) is 0 Å². The maximum Gasteiger partial charge on any atom is 0.281 e. The second-order valence-corrected chi connectivity index (χ2v) is 5.77. The van der Waals surface area contributed by atoms with Crippen LogP contribution in [-0.2, 0) is 0 Å². The largest absolute Gasteiger partial charge is 0.490 e. The Kier molecular flexibility index (Phi) is 4.61. The van der Waals surface area contributed by atoms with E-state index in [0.29, 0.717) is 29.8 Å². The van der Waals surface area contributed by atoms with E-state index in [2.05, 4.69) is 15.4 Å². The van der Waals surface area contributed by atoms with E-state index < -0.39 is 0 Å². The van der Waals surface area contributed by atoms with E-state index in [1.165, 1.54) is 28.6 Å². The fraction of sp³-hybridized carbons (Fsp3) is 0.267. The zero-order valence-corrected chi connectivity index (χ0v) is 13.3. The van der Waals surface area contributed by atoms with Crippen LogP contribution in [0.4, 0.5) is 4.39 Å². The number of benzene rings is 1. The maximum absolute atomic E-state index is 13.0. The van der Waals surface area contributed by atoms with Crippen LogP contribution in [0, 0.1) is 5.82 Å². The standard InChI is InChI=1S/C15H15FN4O2S/c1-2-22-12-9-20(11-5-3-10(16)4-6-11)19-13(12)14(21)18-15-17-7-8-23-15/h3-6,9H,2,7-8H2,1H3,(H,17,18,21). The minimum absolute atomic E-state index is 0.173. The molecule has 1 aliphatic heterocycles. The Morgan fingerprint density at radius 3 is 2.87 bits per heavy atom. The topological polar surface area (TPSA) is 68.5 Å². The predicted octanol–water partition coefficient (Wildman–Crippen LogP) is 2.24. The highest BCUT2D eigenvalue weighted by atomic mass is 32.2. The lowest BCUT2D eigenvalue weighted by Gasteiger charge is -2.04. The molecule has 2 heterocycles. The summed E-state index contributed by atoms with van der Waals surface area (Å²) >= 11 is 1.49. The van der Waals surface area contributed by atoms with Gasteiger partial charge in [-0.1, -0.05) is 11.8 Å². The average Bonchev–Trinajstić information content (AvgIpc) is 3.18. The lowest BCUT2D eigenvalue weighted by Crippen LogP contribution is -2.28. The van der Waals surface area contributed by atoms with Crippen molar-refractivity contribution in [2.45, 2.75) is 6.92 Å². The van der Waals surface area contributed by atoms with Gasteiger partial charge in [-0.15, -0.1) is 0 Å². The molecule has 0 saturated heterocycles. The molecule has 2 aromatic rings. The van der Waals surface area contributed by atoms with Crippen molar-refractivity contribution < 1.29 is 13.9 Å². The first kappa shape index (κ1) is 15.5. The SMILES string of the molecule is CCOc1cn(-c2ccc(F)cc2)nc1C(=O)NC1=NCCS1. The molecule has 1 aromatic carbocycles. The lowest BCUT2D eigenvalue weighted by molar-refractivity contribution is 0.0969. The van der Waals surface area contributed by atoms with Crippen molar-refractivity contribution >= 4 is 22.8 Å². The van der Waals surface area contributed by atoms with Crippen molar-refractivity contribution in [2.75, 3.05) is 18.9 Å². The molecule has 6 nitrogen and oxygen atoms in total. The first-order valence-corrected chi connectivity index (χ1v) is 8.13. The van der Waals surface area contributed by atoms with Crippen molar-refractivity contribution in [2.24, 2.45) is 4.99 Å². The predicted molar refractivity (Wildman–Crippen MR) is 86.9 cm³/mol. The number of carbonyl (C=O) groups excluding carboxylic acids is 1. The monoisotopic (exact) mass is 334 g/mol. The number of carbonyl (C=O) groups is 1. The van der Waals surface area contributed by atoms with Crippen LogP contribution in [0.5, 0.6) is 5.75 Å². The van der Waals surface area contributed by atoms with E-state index in [-0.39, 0.29) is 17.4 Å². The summed E-state index contributed by atoms with van der Waals surface area (Å²) in [5.41, 5.74) is 0.811. The molecule has 8 heteroatoms. The molecule has 1 aromatic heterocycles. The van der Waals surface area contributed by atoms with Crippen molar-refractivity contribution in [1.82, 2.24) is 15.1 Å². The number of nitrogens with zero attached hydrogens (tertiary/aromatic N) is 3. The number of ether oxygens (including phenoxy) is 1. The molecule has 23 heavy (non-hydrogen) atoms. The van der Waals surface area contributed by atoms with E-state index in [9.17, 15) is 9.18 Å². The molecule has 0 aliphatic carbocycles. The normalized spacial score (nSPS) is 13.7. The molecule has 0 radical (unpaired) electrons. The van der Waals surface area contributed by atoms with Crippen LogP contribution >= 0.6 is 11.8 Å². The summed E-state index contributed by atoms with van der Waals surface area (Å²) < 4.78 is 20.0. The molecule has 0 unspecified atom stereocenters. The molecule has 1 amide bonds. The minimum Gasteiger partial charge on any atom is -0.490 e. The molecule has 120 valence electrons. The summed E-state index contributed by atoms with van der Waals surface area (Å²) in [6.45, 7) is 2.93. The van der Waals surface area contributed by atoms with Crippen LogP contribution in [0.25, 0.3) is 5.69 Å². The molecule has 0 bridgehead atoms. The number of thioether (sulfide) groups is 1.